The minimum atomic E-state index is 1.09. The first-order valence-corrected chi connectivity index (χ1v) is 7.59. The molecule has 0 spiro atoms. The van der Waals surface area contributed by atoms with E-state index in [4.69, 9.17) is 0 Å². The van der Waals surface area contributed by atoms with Crippen molar-refractivity contribution in [3.8, 4) is 0 Å². The third kappa shape index (κ3) is 3.86. The fourth-order valence-corrected chi connectivity index (χ4v) is 2.68. The van der Waals surface area contributed by atoms with Gasteiger partial charge in [-0.3, -0.25) is 0 Å². The fraction of sp³-hybridized carbons (Fsp3) is 0.556. The van der Waals surface area contributed by atoms with E-state index in [1.54, 1.807) is 0 Å². The fourth-order valence-electron chi connectivity index (χ4n) is 2.68. The van der Waals surface area contributed by atoms with Gasteiger partial charge in [0.25, 0.3) is 0 Å². The topological polar surface area (TPSA) is 3.24 Å². The van der Waals surface area contributed by atoms with E-state index >= 15 is 0 Å². The Bertz CT molecular complexity index is 426. The highest BCUT2D eigenvalue weighted by Crippen LogP contribution is 2.25. The molecule has 19 heavy (non-hydrogen) atoms. The van der Waals surface area contributed by atoms with Crippen molar-refractivity contribution in [3.05, 3.63) is 41.0 Å². The first-order valence-electron chi connectivity index (χ1n) is 7.59. The van der Waals surface area contributed by atoms with Crippen LogP contribution in [0, 0.1) is 13.8 Å². The van der Waals surface area contributed by atoms with Crippen LogP contribution in [0.3, 0.4) is 0 Å². The van der Waals surface area contributed by atoms with Gasteiger partial charge in [0.05, 0.1) is 0 Å². The van der Waals surface area contributed by atoms with Gasteiger partial charge in [0.2, 0.25) is 0 Å². The Morgan fingerprint density at radius 3 is 2.05 bits per heavy atom. The van der Waals surface area contributed by atoms with E-state index < -0.39 is 0 Å². The van der Waals surface area contributed by atoms with Gasteiger partial charge in [-0.05, 0) is 55.9 Å². The summed E-state index contributed by atoms with van der Waals surface area (Å²) in [7, 11) is 0. The van der Waals surface area contributed by atoms with Crippen LogP contribution in [0.4, 0.5) is 0 Å². The predicted molar refractivity (Wildman–Crippen MR) is 86.5 cm³/mol. The van der Waals surface area contributed by atoms with Gasteiger partial charge >= 0.3 is 0 Å². The van der Waals surface area contributed by atoms with E-state index in [9.17, 15) is 0 Å². The third-order valence-corrected chi connectivity index (χ3v) is 3.74. The van der Waals surface area contributed by atoms with Gasteiger partial charge in [-0.25, -0.2) is 0 Å². The molecule has 0 saturated carbocycles. The van der Waals surface area contributed by atoms with Crippen LogP contribution in [0.2, 0.25) is 0 Å². The minimum Gasteiger partial charge on any atom is -0.372 e. The van der Waals surface area contributed by atoms with Gasteiger partial charge in [0.1, 0.15) is 0 Å². The Labute approximate surface area is 119 Å². The van der Waals surface area contributed by atoms with Crippen molar-refractivity contribution >= 4 is 5.70 Å². The molecule has 0 bridgehead atoms. The van der Waals surface area contributed by atoms with Gasteiger partial charge < -0.3 is 4.90 Å². The van der Waals surface area contributed by atoms with Crippen molar-refractivity contribution in [1.82, 2.24) is 4.90 Å². The lowest BCUT2D eigenvalue weighted by molar-refractivity contribution is 0.396. The molecule has 0 aromatic heterocycles. The van der Waals surface area contributed by atoms with Crippen molar-refractivity contribution in [2.24, 2.45) is 0 Å². The Hall–Kier alpha value is -1.24. The van der Waals surface area contributed by atoms with Crippen LogP contribution < -0.4 is 0 Å². The molecule has 1 nitrogen and oxygen atoms in total. The standard InChI is InChI=1S/C18H29N/c1-7-10-19(11-8-2)16(6)18-13-17(9-3)14(4)12-15(18)5/h12-13H,6-11H2,1-5H3. The van der Waals surface area contributed by atoms with Crippen LogP contribution >= 0.6 is 0 Å². The normalized spacial score (nSPS) is 10.6. The number of aryl methyl sites for hydroxylation is 3. The van der Waals surface area contributed by atoms with Crippen LogP contribution in [0.1, 0.15) is 55.9 Å². The Morgan fingerprint density at radius 2 is 1.58 bits per heavy atom. The number of hydrogen-bond acceptors (Lipinski definition) is 1. The number of benzene rings is 1. The van der Waals surface area contributed by atoms with E-state index in [2.05, 4.69) is 58.2 Å². The lowest BCUT2D eigenvalue weighted by Gasteiger charge is -2.27. The van der Waals surface area contributed by atoms with Crippen LogP contribution in [0.15, 0.2) is 18.7 Å². The molecule has 0 heterocycles. The molecule has 0 radical (unpaired) electrons. The minimum absolute atomic E-state index is 1.09. The van der Waals surface area contributed by atoms with E-state index in [0.29, 0.717) is 0 Å². The number of nitrogens with zero attached hydrogens (tertiary/aromatic N) is 1. The van der Waals surface area contributed by atoms with Crippen LogP contribution in [-0.2, 0) is 6.42 Å². The van der Waals surface area contributed by atoms with Gasteiger partial charge in [0, 0.05) is 24.4 Å². The smallest absolute Gasteiger partial charge is 0.0369 e. The van der Waals surface area contributed by atoms with Gasteiger partial charge in [-0.1, -0.05) is 33.4 Å². The summed E-state index contributed by atoms with van der Waals surface area (Å²) in [6.07, 6.45) is 3.43. The SMILES string of the molecule is C=C(c1cc(CC)c(C)cc1C)N(CCC)CCC. The molecule has 1 aromatic carbocycles. The lowest BCUT2D eigenvalue weighted by Crippen LogP contribution is -2.24. The second-order valence-corrected chi connectivity index (χ2v) is 5.38. The van der Waals surface area contributed by atoms with Crippen LogP contribution in [-0.4, -0.2) is 18.0 Å². The molecule has 0 amide bonds. The molecule has 106 valence electrons. The second-order valence-electron chi connectivity index (χ2n) is 5.38. The lowest BCUT2D eigenvalue weighted by atomic mass is 9.96. The Morgan fingerprint density at radius 1 is 1.00 bits per heavy atom. The summed E-state index contributed by atoms with van der Waals surface area (Å²) in [4.78, 5) is 2.43. The largest absolute Gasteiger partial charge is 0.372 e. The summed E-state index contributed by atoms with van der Waals surface area (Å²) < 4.78 is 0. The molecule has 0 fully saturated rings. The molecule has 0 N–H and O–H groups in total. The molecule has 1 heteroatoms. The summed E-state index contributed by atoms with van der Waals surface area (Å²) in [6.45, 7) is 17.6. The zero-order chi connectivity index (χ0) is 14.4. The number of rotatable bonds is 7. The maximum Gasteiger partial charge on any atom is 0.0369 e. The summed E-state index contributed by atoms with van der Waals surface area (Å²) >= 11 is 0. The van der Waals surface area contributed by atoms with Gasteiger partial charge in [-0.2, -0.15) is 0 Å². The van der Waals surface area contributed by atoms with Crippen molar-refractivity contribution in [2.45, 2.75) is 53.9 Å². The zero-order valence-electron chi connectivity index (χ0n) is 13.3. The average molecular weight is 259 g/mol. The molecular formula is C18H29N. The van der Waals surface area contributed by atoms with Crippen molar-refractivity contribution in [3.63, 3.8) is 0 Å². The summed E-state index contributed by atoms with van der Waals surface area (Å²) in [5, 5.41) is 0. The molecule has 0 aliphatic rings. The maximum absolute atomic E-state index is 4.35. The average Bonchev–Trinajstić information content (AvgIpc) is 2.38. The van der Waals surface area contributed by atoms with E-state index in [-0.39, 0.29) is 0 Å². The molecule has 0 atom stereocenters. The first-order chi connectivity index (χ1) is 9.04. The summed E-state index contributed by atoms with van der Waals surface area (Å²) in [5.41, 5.74) is 6.70. The quantitative estimate of drug-likeness (QED) is 0.669. The highest BCUT2D eigenvalue weighted by molar-refractivity contribution is 5.66. The van der Waals surface area contributed by atoms with E-state index in [1.807, 2.05) is 0 Å². The molecule has 1 aromatic rings. The summed E-state index contributed by atoms with van der Waals surface area (Å²) in [5.74, 6) is 0. The zero-order valence-corrected chi connectivity index (χ0v) is 13.3. The Kier molecular flexibility index (Phi) is 6.14. The first kappa shape index (κ1) is 15.8. The van der Waals surface area contributed by atoms with E-state index in [1.165, 1.54) is 40.8 Å². The molecule has 0 unspecified atom stereocenters. The monoisotopic (exact) mass is 259 g/mol. The van der Waals surface area contributed by atoms with Crippen molar-refractivity contribution in [1.29, 1.82) is 0 Å². The molecule has 0 saturated heterocycles. The summed E-state index contributed by atoms with van der Waals surface area (Å²) in [6, 6.07) is 4.64. The van der Waals surface area contributed by atoms with Gasteiger partial charge in [-0.15, -0.1) is 0 Å². The molecule has 0 aliphatic heterocycles. The third-order valence-electron chi connectivity index (χ3n) is 3.74. The van der Waals surface area contributed by atoms with Crippen LogP contribution in [0.5, 0.6) is 0 Å². The highest BCUT2D eigenvalue weighted by atomic mass is 15.1. The highest BCUT2D eigenvalue weighted by Gasteiger charge is 2.12. The predicted octanol–water partition coefficient (Wildman–Crippen LogP) is 4.96. The second kappa shape index (κ2) is 7.37. The molecular weight excluding hydrogens is 230 g/mol. The Balaban J connectivity index is 3.09. The molecule has 0 aliphatic carbocycles. The van der Waals surface area contributed by atoms with E-state index in [0.717, 1.165) is 19.5 Å². The van der Waals surface area contributed by atoms with Crippen molar-refractivity contribution in [2.75, 3.05) is 13.1 Å². The van der Waals surface area contributed by atoms with Gasteiger partial charge in [0.15, 0.2) is 0 Å². The maximum atomic E-state index is 4.35. The van der Waals surface area contributed by atoms with Crippen LogP contribution in [0.25, 0.3) is 5.70 Å². The molecule has 1 rings (SSSR count). The number of hydrogen-bond donors (Lipinski definition) is 0. The van der Waals surface area contributed by atoms with Crippen molar-refractivity contribution < 1.29 is 0 Å².